The lowest BCUT2D eigenvalue weighted by molar-refractivity contribution is 0.612. The number of hydrogen-bond donors (Lipinski definition) is 0. The Balaban J connectivity index is -0.000000240. The Hall–Kier alpha value is 2.58. The molecule has 0 radical (unpaired) electrons. The van der Waals surface area contributed by atoms with Crippen LogP contribution in [0.4, 0.5) is 0 Å². The van der Waals surface area contributed by atoms with Crippen LogP contribution in [0.2, 0.25) is 0 Å². The molecule has 0 aliphatic carbocycles. The Morgan fingerprint density at radius 2 is 0.812 bits per heavy atom. The van der Waals surface area contributed by atoms with Gasteiger partial charge in [-0.25, -0.2) is 0 Å². The maximum Gasteiger partial charge on any atom is 0.00161 e. The average Bonchev–Trinajstić information content (AvgIpc) is 1.43. The van der Waals surface area contributed by atoms with Crippen LogP contribution < -0.4 is 0 Å². The minimum Gasteiger partial charge on any atom is -0.127 e. The number of rotatable bonds is 4. The van der Waals surface area contributed by atoms with Gasteiger partial charge in [-0.1, -0.05) is 36.1 Å². The summed E-state index contributed by atoms with van der Waals surface area (Å²) >= 11 is 0. The Bertz CT molecular complexity index is 147. The van der Waals surface area contributed by atoms with Crippen LogP contribution in [0.5, 0.6) is 0 Å². The van der Waals surface area contributed by atoms with E-state index in [4.69, 9.17) is 0 Å². The highest BCUT2D eigenvalue weighted by Crippen LogP contribution is 2.49. The first-order valence-electron chi connectivity index (χ1n) is 4.15. The van der Waals surface area contributed by atoms with Gasteiger partial charge < -0.3 is 0 Å². The molecule has 0 spiro atoms. The predicted molar refractivity (Wildman–Crippen MR) is 107 cm³/mol. The van der Waals surface area contributed by atoms with Crippen molar-refractivity contribution in [2.75, 3.05) is 0 Å². The van der Waals surface area contributed by atoms with E-state index >= 15 is 0 Å². The molecule has 0 fully saturated rings. The van der Waals surface area contributed by atoms with Gasteiger partial charge in [-0.05, 0) is 22.6 Å². The third-order valence-corrected chi connectivity index (χ3v) is 3.05. The Morgan fingerprint density at radius 1 is 0.625 bits per heavy atom. The highest BCUT2D eigenvalue weighted by molar-refractivity contribution is 7.43. The molecule has 16 heavy (non-hydrogen) atoms. The average molecular weight is 340 g/mol. The summed E-state index contributed by atoms with van der Waals surface area (Å²) < 4.78 is 0. The zero-order valence-electron chi connectivity index (χ0n) is 8.38. The normalized spacial score (nSPS) is 12.0. The van der Waals surface area contributed by atoms with Crippen LogP contribution in [0, 0.1) is 0 Å². The molecule has 0 saturated heterocycles. The first-order valence-corrected chi connectivity index (χ1v) is 7.61. The van der Waals surface area contributed by atoms with Crippen molar-refractivity contribution in [1.29, 1.82) is 0 Å². The molecule has 0 aromatic carbocycles. The molecule has 0 bridgehead atoms. The van der Waals surface area contributed by atoms with E-state index in [0.29, 0.717) is 0 Å². The molecule has 6 unspecified atom stereocenters. The highest BCUT2D eigenvalue weighted by Gasteiger charge is 2.30. The predicted octanol–water partition coefficient (Wildman–Crippen LogP) is 5.05. The third kappa shape index (κ3) is 18.9. The molecule has 0 aliphatic heterocycles. The van der Waals surface area contributed by atoms with Crippen LogP contribution in [0.1, 0.15) is 49.0 Å². The molecule has 0 saturated carbocycles. The second kappa shape index (κ2) is 9.48. The second-order valence-corrected chi connectivity index (χ2v) is 14.2. The smallest absolute Gasteiger partial charge is 0.00161 e. The van der Waals surface area contributed by atoms with Gasteiger partial charge in [-0.2, -0.15) is 0 Å². The van der Waals surface area contributed by atoms with Crippen molar-refractivity contribution < 1.29 is 0 Å². The molecule has 0 N–H and O–H groups in total. The van der Waals surface area contributed by atoms with Crippen molar-refractivity contribution in [2.45, 2.75) is 63.7 Å². The lowest BCUT2D eigenvalue weighted by Gasteiger charge is -2.36. The van der Waals surface area contributed by atoms with Crippen LogP contribution in [0.15, 0.2) is 0 Å². The summed E-state index contributed by atoms with van der Waals surface area (Å²) in [4.78, 5) is 0.671. The van der Waals surface area contributed by atoms with Gasteiger partial charge in [-0.15, -0.1) is 55.4 Å². The fourth-order valence-electron chi connectivity index (χ4n) is 1.48. The van der Waals surface area contributed by atoms with Gasteiger partial charge >= 0.3 is 0 Å². The summed E-state index contributed by atoms with van der Waals surface area (Å²) in [5.41, 5.74) is 0. The van der Waals surface area contributed by atoms with Crippen molar-refractivity contribution in [3.05, 3.63) is 0 Å². The SMILES string of the molecule is C.C.C.CC(P)(P)CC(P)(P)CC(C)(P)P. The van der Waals surface area contributed by atoms with Crippen LogP contribution in [-0.2, 0) is 0 Å². The Kier molecular flexibility index (Phi) is 16.0. The summed E-state index contributed by atoms with van der Waals surface area (Å²) in [6, 6.07) is 0. The maximum atomic E-state index is 2.95. The van der Waals surface area contributed by atoms with Gasteiger partial charge in [0.2, 0.25) is 0 Å². The van der Waals surface area contributed by atoms with Gasteiger partial charge in [0.15, 0.2) is 0 Å². The zero-order valence-corrected chi connectivity index (χ0v) is 15.3. The fourth-order valence-corrected chi connectivity index (χ4v) is 6.65. The molecule has 0 rings (SSSR count). The van der Waals surface area contributed by atoms with E-state index in [0.717, 1.165) is 12.8 Å². The first-order chi connectivity index (χ1) is 5.41. The van der Waals surface area contributed by atoms with Crippen LogP contribution in [0.25, 0.3) is 0 Å². The Labute approximate surface area is 119 Å². The summed E-state index contributed by atoms with van der Waals surface area (Å²) in [5, 5.41) is 0. The van der Waals surface area contributed by atoms with Gasteiger partial charge in [0.05, 0.1) is 0 Å². The van der Waals surface area contributed by atoms with Gasteiger partial charge in [0, 0.05) is 4.90 Å². The van der Waals surface area contributed by atoms with E-state index in [2.05, 4.69) is 69.3 Å². The van der Waals surface area contributed by atoms with Crippen molar-refractivity contribution in [1.82, 2.24) is 0 Å². The third-order valence-electron chi connectivity index (χ3n) is 1.42. The van der Waals surface area contributed by atoms with Crippen molar-refractivity contribution >= 4 is 55.4 Å². The van der Waals surface area contributed by atoms with E-state index in [1.165, 1.54) is 0 Å². The monoisotopic (exact) mass is 340 g/mol. The molecule has 0 heterocycles. The molecule has 6 atom stereocenters. The van der Waals surface area contributed by atoms with E-state index in [1.807, 2.05) is 0 Å². The zero-order chi connectivity index (χ0) is 10.9. The standard InChI is InChI=1S/C7H22P6.3CH4/c1-5(8,9)3-7(12,13)4-6(2,10)11;;;/h3-4,8-13H2,1-2H3;3*1H4. The van der Waals surface area contributed by atoms with Gasteiger partial charge in [-0.3, -0.25) is 0 Å². The maximum absolute atomic E-state index is 2.95. The molecule has 0 aromatic rings. The summed E-state index contributed by atoms with van der Waals surface area (Å²) in [6.07, 6.45) is 2.26. The summed E-state index contributed by atoms with van der Waals surface area (Å²) in [7, 11) is 17.4. The minimum absolute atomic E-state index is 0. The summed E-state index contributed by atoms with van der Waals surface area (Å²) in [5.74, 6) is 0. The van der Waals surface area contributed by atoms with Crippen molar-refractivity contribution in [3.63, 3.8) is 0 Å². The lowest BCUT2D eigenvalue weighted by atomic mass is 10.1. The fraction of sp³-hybridized carbons (Fsp3) is 1.00. The molecule has 0 amide bonds. The lowest BCUT2D eigenvalue weighted by Crippen LogP contribution is -2.26. The van der Waals surface area contributed by atoms with E-state index in [-0.39, 0.29) is 37.0 Å². The summed E-state index contributed by atoms with van der Waals surface area (Å²) in [6.45, 7) is 4.43. The van der Waals surface area contributed by atoms with Crippen molar-refractivity contribution in [2.24, 2.45) is 0 Å². The molecule has 104 valence electrons. The largest absolute Gasteiger partial charge is 0.127 e. The second-order valence-electron chi connectivity index (χ2n) is 4.60. The molecule has 0 aliphatic rings. The molecular weight excluding hydrogens is 306 g/mol. The van der Waals surface area contributed by atoms with E-state index < -0.39 is 0 Å². The van der Waals surface area contributed by atoms with Crippen molar-refractivity contribution in [3.8, 4) is 0 Å². The van der Waals surface area contributed by atoms with Crippen LogP contribution in [-0.4, -0.2) is 14.7 Å². The molecule has 6 heteroatoms. The first kappa shape index (κ1) is 27.0. The van der Waals surface area contributed by atoms with Gasteiger partial charge in [0.1, 0.15) is 0 Å². The quantitative estimate of drug-likeness (QED) is 0.628. The van der Waals surface area contributed by atoms with Crippen LogP contribution >= 0.6 is 55.4 Å². The number of hydrogen-bond acceptors (Lipinski definition) is 0. The topological polar surface area (TPSA) is 0 Å². The highest BCUT2D eigenvalue weighted by atomic mass is 31.1. The van der Waals surface area contributed by atoms with E-state index in [9.17, 15) is 0 Å². The van der Waals surface area contributed by atoms with Crippen LogP contribution in [0.3, 0.4) is 0 Å². The molecular formula is C10H34P6. The minimum atomic E-state index is 0. The van der Waals surface area contributed by atoms with Gasteiger partial charge in [0.25, 0.3) is 0 Å². The molecule has 0 aromatic heterocycles. The molecule has 0 nitrogen and oxygen atoms in total. The Morgan fingerprint density at radius 3 is 0.938 bits per heavy atom. The van der Waals surface area contributed by atoms with E-state index in [1.54, 1.807) is 0 Å².